The molecule has 0 saturated heterocycles. The van der Waals surface area contributed by atoms with Crippen molar-refractivity contribution in [2.24, 2.45) is 0 Å². The van der Waals surface area contributed by atoms with Crippen LogP contribution in [0.3, 0.4) is 0 Å². The molecule has 0 bridgehead atoms. The van der Waals surface area contributed by atoms with Crippen molar-refractivity contribution in [1.82, 2.24) is 0 Å². The number of rotatable bonds is 8. The standard InChI is InChI=1S/C26H22ClNO4/c1-3-31-24-14-19(12-22(15-28)20-8-4-17(2)5-9-20)13-23(27)25(24)32-16-18-6-10-21(11-7-18)26(29)30/h4-14H,3,16H2,1-2H3,(H,29,30)/b22-12+. The van der Waals surface area contributed by atoms with Crippen LogP contribution < -0.4 is 9.47 Å². The smallest absolute Gasteiger partial charge is 0.335 e. The van der Waals surface area contributed by atoms with Crippen LogP contribution in [0, 0.1) is 18.3 Å². The monoisotopic (exact) mass is 447 g/mol. The average Bonchev–Trinajstić information content (AvgIpc) is 2.78. The fraction of sp³-hybridized carbons (Fsp3) is 0.154. The van der Waals surface area contributed by atoms with Gasteiger partial charge >= 0.3 is 5.97 Å². The minimum atomic E-state index is -0.981. The van der Waals surface area contributed by atoms with Gasteiger partial charge in [0.2, 0.25) is 0 Å². The average molecular weight is 448 g/mol. The zero-order valence-electron chi connectivity index (χ0n) is 17.8. The lowest BCUT2D eigenvalue weighted by Crippen LogP contribution is -2.02. The van der Waals surface area contributed by atoms with E-state index in [1.54, 1.807) is 30.3 Å². The molecule has 3 rings (SSSR count). The molecule has 5 nitrogen and oxygen atoms in total. The van der Waals surface area contributed by atoms with Gasteiger partial charge in [0.25, 0.3) is 0 Å². The topological polar surface area (TPSA) is 79.5 Å². The van der Waals surface area contributed by atoms with Crippen molar-refractivity contribution in [1.29, 1.82) is 5.26 Å². The Kier molecular flexibility index (Phi) is 7.54. The van der Waals surface area contributed by atoms with Crippen LogP contribution in [-0.4, -0.2) is 17.7 Å². The van der Waals surface area contributed by atoms with E-state index in [9.17, 15) is 10.1 Å². The van der Waals surface area contributed by atoms with Gasteiger partial charge in [0, 0.05) is 0 Å². The quantitative estimate of drug-likeness (QED) is 0.319. The first-order valence-electron chi connectivity index (χ1n) is 10.0. The van der Waals surface area contributed by atoms with Gasteiger partial charge in [-0.1, -0.05) is 53.6 Å². The number of aromatic carboxylic acids is 1. The molecule has 0 atom stereocenters. The summed E-state index contributed by atoms with van der Waals surface area (Å²) >= 11 is 6.50. The Balaban J connectivity index is 1.87. The summed E-state index contributed by atoms with van der Waals surface area (Å²) in [5, 5.41) is 19.0. The van der Waals surface area contributed by atoms with E-state index in [-0.39, 0.29) is 12.2 Å². The highest BCUT2D eigenvalue weighted by Gasteiger charge is 2.14. The number of aryl methyl sites for hydroxylation is 1. The molecule has 1 N–H and O–H groups in total. The van der Waals surface area contributed by atoms with E-state index in [0.717, 1.165) is 16.7 Å². The molecular weight excluding hydrogens is 426 g/mol. The van der Waals surface area contributed by atoms with Gasteiger partial charge in [0.15, 0.2) is 11.5 Å². The highest BCUT2D eigenvalue weighted by molar-refractivity contribution is 6.32. The van der Waals surface area contributed by atoms with Crippen LogP contribution in [0.2, 0.25) is 5.02 Å². The maximum Gasteiger partial charge on any atom is 0.335 e. The summed E-state index contributed by atoms with van der Waals surface area (Å²) in [5.41, 5.74) is 4.16. The molecule has 0 spiro atoms. The van der Waals surface area contributed by atoms with E-state index in [4.69, 9.17) is 26.2 Å². The number of carboxylic acids is 1. The van der Waals surface area contributed by atoms with Gasteiger partial charge < -0.3 is 14.6 Å². The van der Waals surface area contributed by atoms with Gasteiger partial charge in [-0.2, -0.15) is 5.26 Å². The molecule has 0 radical (unpaired) electrons. The highest BCUT2D eigenvalue weighted by atomic mass is 35.5. The number of carboxylic acid groups (broad SMARTS) is 1. The molecule has 0 heterocycles. The van der Waals surface area contributed by atoms with Gasteiger partial charge in [-0.25, -0.2) is 4.79 Å². The lowest BCUT2D eigenvalue weighted by Gasteiger charge is -2.15. The van der Waals surface area contributed by atoms with Crippen molar-refractivity contribution < 1.29 is 19.4 Å². The molecular formula is C26H22ClNO4. The largest absolute Gasteiger partial charge is 0.490 e. The third-order valence-corrected chi connectivity index (χ3v) is 4.99. The fourth-order valence-corrected chi connectivity index (χ4v) is 3.33. The highest BCUT2D eigenvalue weighted by Crippen LogP contribution is 2.38. The lowest BCUT2D eigenvalue weighted by atomic mass is 10.0. The number of nitrogens with zero attached hydrogens (tertiary/aromatic N) is 1. The third-order valence-electron chi connectivity index (χ3n) is 4.71. The van der Waals surface area contributed by atoms with Crippen LogP contribution in [0.1, 0.15) is 39.5 Å². The minimum absolute atomic E-state index is 0.196. The van der Waals surface area contributed by atoms with Crippen LogP contribution in [0.4, 0.5) is 0 Å². The molecule has 32 heavy (non-hydrogen) atoms. The molecule has 0 unspecified atom stereocenters. The molecule has 6 heteroatoms. The van der Waals surface area contributed by atoms with Gasteiger partial charge in [0.1, 0.15) is 6.61 Å². The van der Waals surface area contributed by atoms with Gasteiger partial charge in [-0.3, -0.25) is 0 Å². The van der Waals surface area contributed by atoms with Crippen LogP contribution in [-0.2, 0) is 6.61 Å². The summed E-state index contributed by atoms with van der Waals surface area (Å²) in [6.45, 7) is 4.46. The number of hydrogen-bond donors (Lipinski definition) is 1. The van der Waals surface area contributed by atoms with Crippen molar-refractivity contribution in [3.63, 3.8) is 0 Å². The molecule has 0 aliphatic carbocycles. The Labute approximate surface area is 192 Å². The predicted octanol–water partition coefficient (Wildman–Crippen LogP) is 6.39. The molecule has 0 saturated carbocycles. The van der Waals surface area contributed by atoms with E-state index in [2.05, 4.69) is 6.07 Å². The van der Waals surface area contributed by atoms with E-state index in [1.807, 2.05) is 38.1 Å². The van der Waals surface area contributed by atoms with Crippen LogP contribution in [0.5, 0.6) is 11.5 Å². The van der Waals surface area contributed by atoms with Crippen molar-refractivity contribution in [2.45, 2.75) is 20.5 Å². The fourth-order valence-electron chi connectivity index (χ4n) is 3.05. The van der Waals surface area contributed by atoms with E-state index >= 15 is 0 Å². The van der Waals surface area contributed by atoms with Crippen molar-refractivity contribution in [3.05, 3.63) is 93.5 Å². The molecule has 0 aliphatic heterocycles. The Morgan fingerprint density at radius 3 is 2.31 bits per heavy atom. The summed E-state index contributed by atoms with van der Waals surface area (Å²) < 4.78 is 11.6. The van der Waals surface area contributed by atoms with Crippen LogP contribution in [0.25, 0.3) is 11.6 Å². The molecule has 0 aliphatic rings. The lowest BCUT2D eigenvalue weighted by molar-refractivity contribution is 0.0697. The van der Waals surface area contributed by atoms with Crippen molar-refractivity contribution in [2.75, 3.05) is 6.61 Å². The third kappa shape index (κ3) is 5.69. The first-order valence-corrected chi connectivity index (χ1v) is 10.4. The molecule has 0 aromatic heterocycles. The number of allylic oxidation sites excluding steroid dienone is 1. The Hall–Kier alpha value is -3.75. The van der Waals surface area contributed by atoms with Gasteiger partial charge in [-0.15, -0.1) is 0 Å². The van der Waals surface area contributed by atoms with Crippen LogP contribution in [0.15, 0.2) is 60.7 Å². The number of hydrogen-bond acceptors (Lipinski definition) is 4. The number of carbonyl (C=O) groups is 1. The predicted molar refractivity (Wildman–Crippen MR) is 125 cm³/mol. The number of benzene rings is 3. The van der Waals surface area contributed by atoms with Crippen LogP contribution >= 0.6 is 11.6 Å². The zero-order chi connectivity index (χ0) is 23.1. The Bertz CT molecular complexity index is 1180. The number of halogens is 1. The van der Waals surface area contributed by atoms with Crippen molar-refractivity contribution in [3.8, 4) is 17.6 Å². The summed E-state index contributed by atoms with van der Waals surface area (Å²) in [5.74, 6) is -0.124. The first-order chi connectivity index (χ1) is 15.4. The molecule has 162 valence electrons. The number of nitriles is 1. The summed E-state index contributed by atoms with van der Waals surface area (Å²) in [6, 6.07) is 19.9. The second-order valence-electron chi connectivity index (χ2n) is 7.09. The maximum absolute atomic E-state index is 11.0. The van der Waals surface area contributed by atoms with Gasteiger partial charge in [-0.05, 0) is 60.9 Å². The first kappa shape index (κ1) is 22.9. The maximum atomic E-state index is 11.0. The summed E-state index contributed by atoms with van der Waals surface area (Å²) in [4.78, 5) is 11.0. The summed E-state index contributed by atoms with van der Waals surface area (Å²) in [6.07, 6.45) is 1.76. The van der Waals surface area contributed by atoms with Crippen molar-refractivity contribution >= 4 is 29.2 Å². The van der Waals surface area contributed by atoms with Gasteiger partial charge in [0.05, 0.1) is 28.8 Å². The van der Waals surface area contributed by atoms with E-state index < -0.39 is 5.97 Å². The molecule has 3 aromatic carbocycles. The Morgan fingerprint density at radius 2 is 1.72 bits per heavy atom. The molecule has 3 aromatic rings. The Morgan fingerprint density at radius 1 is 1.06 bits per heavy atom. The SMILES string of the molecule is CCOc1cc(/C=C(\C#N)c2ccc(C)cc2)cc(Cl)c1OCc1ccc(C(=O)O)cc1. The molecule has 0 amide bonds. The molecule has 0 fully saturated rings. The summed E-state index contributed by atoms with van der Waals surface area (Å²) in [7, 11) is 0. The number of ether oxygens (including phenoxy) is 2. The normalized spacial score (nSPS) is 11.0. The second-order valence-corrected chi connectivity index (χ2v) is 7.50. The van der Waals surface area contributed by atoms with E-state index in [1.165, 1.54) is 12.1 Å². The second kappa shape index (κ2) is 10.5. The van der Waals surface area contributed by atoms with E-state index in [0.29, 0.717) is 34.3 Å². The zero-order valence-corrected chi connectivity index (χ0v) is 18.5. The minimum Gasteiger partial charge on any atom is -0.490 e.